The van der Waals surface area contributed by atoms with E-state index < -0.39 is 0 Å². The molecule has 0 radical (unpaired) electrons. The Morgan fingerprint density at radius 2 is 2.25 bits per heavy atom. The van der Waals surface area contributed by atoms with E-state index in [0.717, 1.165) is 0 Å². The maximum Gasteiger partial charge on any atom is 0.334 e. The third-order valence-corrected chi connectivity index (χ3v) is 0.194. The summed E-state index contributed by atoms with van der Waals surface area (Å²) in [6.07, 6.45) is 0. The van der Waals surface area contributed by atoms with Gasteiger partial charge < -0.3 is 0 Å². The van der Waals surface area contributed by atoms with E-state index in [0.29, 0.717) is 0 Å². The fraction of sp³-hybridized carbons (Fsp3) is 0. The first kappa shape index (κ1) is 3.88. The number of hydrogen-bond acceptors (Lipinski definition) is 1. The molecule has 0 aromatic carbocycles. The summed E-state index contributed by atoms with van der Waals surface area (Å²) in [5.41, 5.74) is 4.70. The van der Waals surface area contributed by atoms with Gasteiger partial charge in [-0.1, -0.05) is 0 Å². The number of nitrogens with two attached hydrogens (primary N) is 1. The van der Waals surface area contributed by atoms with Crippen LogP contribution in [0.2, 0.25) is 0 Å². The molecule has 1 unspecified atom stereocenters. The van der Waals surface area contributed by atoms with Gasteiger partial charge in [0.2, 0.25) is 0 Å². The summed E-state index contributed by atoms with van der Waals surface area (Å²) in [6.45, 7) is 5.96. The summed E-state index contributed by atoms with van der Waals surface area (Å²) >= 11 is 0. The highest BCUT2D eigenvalue weighted by Crippen LogP contribution is 1.90. The molecule has 22 valence electrons. The van der Waals surface area contributed by atoms with Crippen molar-refractivity contribution >= 4 is 8.88 Å². The zero-order chi connectivity index (χ0) is 3.41. The van der Waals surface area contributed by atoms with Crippen LogP contribution in [0, 0.1) is 6.57 Å². The number of nitrogens with zero attached hydrogens (tertiary/aromatic N) is 1. The first-order chi connectivity index (χ1) is 1.91. The Morgan fingerprint density at radius 3 is 2.25 bits per heavy atom. The molecule has 0 amide bonds. The maximum atomic E-state index is 5.96. The monoisotopic (exact) mass is 74.0 g/mol. The van der Waals surface area contributed by atoms with Gasteiger partial charge >= 0.3 is 8.88 Å². The van der Waals surface area contributed by atoms with E-state index >= 15 is 0 Å². The van der Waals surface area contributed by atoms with Crippen LogP contribution in [0.1, 0.15) is 0 Å². The fourth-order valence-electron chi connectivity index (χ4n) is 0. The van der Waals surface area contributed by atoms with Crippen molar-refractivity contribution < 1.29 is 0 Å². The van der Waals surface area contributed by atoms with Crippen molar-refractivity contribution in [2.75, 3.05) is 0 Å². The standard InChI is InChI=1S/CH3N2P/c1-3-4-2/h4H,2H2. The first-order valence-corrected chi connectivity index (χ1v) is 1.76. The molecule has 0 aliphatic heterocycles. The molecule has 0 aliphatic rings. The molecule has 0 aromatic rings. The van der Waals surface area contributed by atoms with E-state index in [2.05, 4.69) is 4.62 Å². The summed E-state index contributed by atoms with van der Waals surface area (Å²) in [4.78, 5) is 0. The quantitative estimate of drug-likeness (QED) is 0.326. The third kappa shape index (κ3) is 1.88. The van der Waals surface area contributed by atoms with E-state index in [-0.39, 0.29) is 8.88 Å². The Bertz CT molecular complexity index is 35.8. The zero-order valence-corrected chi connectivity index (χ0v) is 3.02. The molecule has 3 heteroatoms. The van der Waals surface area contributed by atoms with Crippen LogP contribution in [0.25, 0.3) is 4.62 Å². The Morgan fingerprint density at radius 1 is 2.00 bits per heavy atom. The van der Waals surface area contributed by atoms with Gasteiger partial charge in [0.25, 0.3) is 0 Å². The summed E-state index contributed by atoms with van der Waals surface area (Å²) in [5.74, 6) is 0. The largest absolute Gasteiger partial charge is 0.334 e. The van der Waals surface area contributed by atoms with Gasteiger partial charge in [0.15, 0.2) is 0 Å². The first-order valence-electron chi connectivity index (χ1n) is 0.736. The molecule has 0 saturated heterocycles. The molecular formula is CH3N2P. The van der Waals surface area contributed by atoms with Crippen molar-refractivity contribution in [2.24, 2.45) is 5.50 Å². The number of rotatable bonds is 0. The molecule has 0 aliphatic carbocycles. The van der Waals surface area contributed by atoms with E-state index in [1.54, 1.807) is 0 Å². The minimum atomic E-state index is -0.0679. The minimum absolute atomic E-state index is 0.0679. The lowest BCUT2D eigenvalue weighted by Crippen LogP contribution is -1.57. The van der Waals surface area contributed by atoms with Crippen molar-refractivity contribution in [3.8, 4) is 0 Å². The van der Waals surface area contributed by atoms with E-state index in [1.807, 2.05) is 0 Å². The topological polar surface area (TPSA) is 30.4 Å². The number of hydrogen-bond donors (Lipinski definition) is 1. The summed E-state index contributed by atoms with van der Waals surface area (Å²) in [6, 6.07) is 0. The molecule has 0 bridgehead atoms. The molecule has 4 heavy (non-hydrogen) atoms. The Kier molecular flexibility index (Phi) is 2.79. The molecule has 0 rings (SSSR count). The Balaban J connectivity index is 2.43. The van der Waals surface area contributed by atoms with Crippen LogP contribution in [0.3, 0.4) is 0 Å². The van der Waals surface area contributed by atoms with Gasteiger partial charge in [-0.25, -0.2) is 12.1 Å². The van der Waals surface area contributed by atoms with Gasteiger partial charge in [0.1, 0.15) is 0 Å². The molecule has 0 fully saturated rings. The average Bonchev–Trinajstić information content (AvgIpc) is 1.37. The molecule has 0 heterocycles. The molecule has 2 N–H and O–H groups in total. The van der Waals surface area contributed by atoms with Crippen LogP contribution in [0.5, 0.6) is 0 Å². The highest BCUT2D eigenvalue weighted by Gasteiger charge is 1.52. The lowest BCUT2D eigenvalue weighted by molar-refractivity contribution is 2.01. The predicted molar refractivity (Wildman–Crippen MR) is 19.1 cm³/mol. The third-order valence-electron chi connectivity index (χ3n) is 0.0645. The second kappa shape index (κ2) is 2.88. The molecule has 0 spiro atoms. The molecule has 2 nitrogen and oxygen atoms in total. The van der Waals surface area contributed by atoms with Crippen LogP contribution < -0.4 is 5.50 Å². The van der Waals surface area contributed by atoms with Crippen molar-refractivity contribution in [3.05, 3.63) is 11.2 Å². The zero-order valence-electron chi connectivity index (χ0n) is 2.02. The van der Waals surface area contributed by atoms with Crippen molar-refractivity contribution in [1.82, 2.24) is 0 Å². The Hall–Kier alpha value is -0.120. The van der Waals surface area contributed by atoms with Gasteiger partial charge in [-0.05, 0) is 0 Å². The van der Waals surface area contributed by atoms with E-state index in [1.165, 1.54) is 0 Å². The van der Waals surface area contributed by atoms with Crippen LogP contribution in [0.15, 0.2) is 0 Å². The van der Waals surface area contributed by atoms with E-state index in [9.17, 15) is 0 Å². The van der Waals surface area contributed by atoms with Gasteiger partial charge in [-0.2, -0.15) is 0 Å². The van der Waals surface area contributed by atoms with Gasteiger partial charge in [-0.15, -0.1) is 0 Å². The van der Waals surface area contributed by atoms with Crippen LogP contribution in [0.4, 0.5) is 0 Å². The molecule has 0 aromatic heterocycles. The van der Waals surface area contributed by atoms with Gasteiger partial charge in [0, 0.05) is 0 Å². The van der Waals surface area contributed by atoms with Gasteiger partial charge in [-0.3, -0.25) is 4.62 Å². The lowest BCUT2D eigenvalue weighted by Gasteiger charge is -1.51. The molecule has 1 atom stereocenters. The van der Waals surface area contributed by atoms with Crippen LogP contribution in [-0.4, -0.2) is 0 Å². The lowest BCUT2D eigenvalue weighted by atomic mass is 11.9. The smallest absolute Gasteiger partial charge is 0.288 e. The second-order valence-corrected chi connectivity index (χ2v) is 0.723. The normalized spacial score (nSPS) is 8.00. The van der Waals surface area contributed by atoms with Crippen LogP contribution >= 0.6 is 8.88 Å². The summed E-state index contributed by atoms with van der Waals surface area (Å²) in [5, 5.41) is 0. The van der Waals surface area contributed by atoms with Gasteiger partial charge in [0.05, 0.1) is 0 Å². The maximum absolute atomic E-state index is 5.96. The van der Waals surface area contributed by atoms with Crippen molar-refractivity contribution in [1.29, 1.82) is 0 Å². The Labute approximate surface area is 26.7 Å². The molecular weight excluding hydrogens is 71.0 g/mol. The van der Waals surface area contributed by atoms with Crippen molar-refractivity contribution in [2.45, 2.75) is 0 Å². The van der Waals surface area contributed by atoms with Crippen molar-refractivity contribution in [3.63, 3.8) is 0 Å². The summed E-state index contributed by atoms with van der Waals surface area (Å²) in [7, 11) is -0.0679. The highest BCUT2D eigenvalue weighted by atomic mass is 31.1. The van der Waals surface area contributed by atoms with E-state index in [4.69, 9.17) is 12.1 Å². The minimum Gasteiger partial charge on any atom is -0.288 e. The molecule has 0 saturated carbocycles. The fourth-order valence-corrected chi connectivity index (χ4v) is 0. The second-order valence-electron chi connectivity index (χ2n) is 0.241. The highest BCUT2D eigenvalue weighted by molar-refractivity contribution is 7.37. The average molecular weight is 74.0 g/mol. The summed E-state index contributed by atoms with van der Waals surface area (Å²) < 4.78 is 2.79. The van der Waals surface area contributed by atoms with Crippen LogP contribution in [-0.2, 0) is 0 Å². The SMILES string of the molecule is [C-]#[N+]PN. The predicted octanol–water partition coefficient (Wildman–Crippen LogP) is 0.373.